The number of carbonyl (C=O) groups is 6. The standard InChI is InChI=1S/C16H24Br2N4O7/c1-16(2,3)29-15(28)21-8-13(26)22-9(14(27)20-7-11(18)24)4-5-12(25)19-6-10(17)23/h9H,4-8H2,1-3H3,(H,19,25)(H,20,27)(H,21,28)(H,22,26). The number of halogens is 2. The second-order valence-corrected chi connectivity index (χ2v) is 8.49. The molecule has 0 aliphatic rings. The van der Waals surface area contributed by atoms with Gasteiger partial charge in [0.05, 0.1) is 13.1 Å². The number of ether oxygens (including phenoxy) is 1. The van der Waals surface area contributed by atoms with E-state index in [4.69, 9.17) is 4.74 Å². The van der Waals surface area contributed by atoms with Gasteiger partial charge < -0.3 is 26.0 Å². The number of rotatable bonds is 11. The Hall–Kier alpha value is -2.02. The van der Waals surface area contributed by atoms with Crippen molar-refractivity contribution in [3.05, 3.63) is 0 Å². The predicted molar refractivity (Wildman–Crippen MR) is 109 cm³/mol. The van der Waals surface area contributed by atoms with Crippen molar-refractivity contribution in [3.8, 4) is 0 Å². The van der Waals surface area contributed by atoms with Crippen LogP contribution in [0.3, 0.4) is 0 Å². The van der Waals surface area contributed by atoms with Crippen LogP contribution in [0.2, 0.25) is 0 Å². The lowest BCUT2D eigenvalue weighted by Crippen LogP contribution is -2.50. The van der Waals surface area contributed by atoms with E-state index in [1.54, 1.807) is 20.8 Å². The SMILES string of the molecule is CC(C)(C)OC(=O)NCC(=O)NC(CCC(=O)NCC(=O)Br)C(=O)NCC(=O)Br. The van der Waals surface area contributed by atoms with Gasteiger partial charge >= 0.3 is 6.09 Å². The van der Waals surface area contributed by atoms with E-state index >= 15 is 0 Å². The molecule has 13 heteroatoms. The maximum absolute atomic E-state index is 12.2. The van der Waals surface area contributed by atoms with Crippen LogP contribution in [0.25, 0.3) is 0 Å². The molecule has 0 aliphatic carbocycles. The Kier molecular flexibility index (Phi) is 12.3. The molecule has 0 heterocycles. The summed E-state index contributed by atoms with van der Waals surface area (Å²) in [5.74, 6) is -1.89. The van der Waals surface area contributed by atoms with Crippen molar-refractivity contribution in [2.45, 2.75) is 45.3 Å². The highest BCUT2D eigenvalue weighted by Gasteiger charge is 2.23. The molecular formula is C16H24Br2N4O7. The molecule has 0 aliphatic heterocycles. The Morgan fingerprint density at radius 2 is 1.38 bits per heavy atom. The molecule has 1 unspecified atom stereocenters. The van der Waals surface area contributed by atoms with Gasteiger partial charge in [-0.2, -0.15) is 0 Å². The van der Waals surface area contributed by atoms with Gasteiger partial charge in [-0.15, -0.1) is 0 Å². The van der Waals surface area contributed by atoms with Crippen molar-refractivity contribution in [2.75, 3.05) is 19.6 Å². The summed E-state index contributed by atoms with van der Waals surface area (Å²) in [7, 11) is 0. The van der Waals surface area contributed by atoms with Gasteiger partial charge in [0.25, 0.3) is 0 Å². The minimum Gasteiger partial charge on any atom is -0.444 e. The van der Waals surface area contributed by atoms with Gasteiger partial charge in [0.1, 0.15) is 18.2 Å². The van der Waals surface area contributed by atoms with Crippen molar-refractivity contribution in [2.24, 2.45) is 0 Å². The zero-order chi connectivity index (χ0) is 22.6. The van der Waals surface area contributed by atoms with Crippen molar-refractivity contribution >= 4 is 65.1 Å². The maximum Gasteiger partial charge on any atom is 0.408 e. The van der Waals surface area contributed by atoms with Gasteiger partial charge in [0.15, 0.2) is 0 Å². The number of hydrogen-bond acceptors (Lipinski definition) is 7. The number of hydrogen-bond donors (Lipinski definition) is 4. The summed E-state index contributed by atoms with van der Waals surface area (Å²) in [6, 6.07) is -1.14. The predicted octanol–water partition coefficient (Wildman–Crippen LogP) is -0.148. The third kappa shape index (κ3) is 15.6. The molecule has 1 atom stereocenters. The van der Waals surface area contributed by atoms with Crippen LogP contribution in [-0.2, 0) is 28.7 Å². The molecule has 0 fully saturated rings. The molecule has 0 aromatic carbocycles. The van der Waals surface area contributed by atoms with Crippen molar-refractivity contribution < 1.29 is 33.5 Å². The molecule has 0 spiro atoms. The number of carbonyl (C=O) groups excluding carboxylic acids is 6. The first-order valence-corrected chi connectivity index (χ1v) is 10.1. The van der Waals surface area contributed by atoms with Crippen molar-refractivity contribution in [1.82, 2.24) is 21.3 Å². The lowest BCUT2D eigenvalue weighted by Gasteiger charge is -2.20. The average molecular weight is 544 g/mol. The van der Waals surface area contributed by atoms with Crippen LogP contribution < -0.4 is 21.3 Å². The van der Waals surface area contributed by atoms with E-state index < -0.39 is 51.4 Å². The first-order valence-electron chi connectivity index (χ1n) is 8.47. The molecule has 4 N–H and O–H groups in total. The first-order chi connectivity index (χ1) is 13.3. The van der Waals surface area contributed by atoms with Crippen LogP contribution >= 0.6 is 31.9 Å². The second-order valence-electron chi connectivity index (χ2n) is 6.72. The van der Waals surface area contributed by atoms with Gasteiger partial charge in [-0.1, -0.05) is 0 Å². The monoisotopic (exact) mass is 542 g/mol. The van der Waals surface area contributed by atoms with E-state index in [0.29, 0.717) is 0 Å². The van der Waals surface area contributed by atoms with E-state index in [1.165, 1.54) is 0 Å². The summed E-state index contributed by atoms with van der Waals surface area (Å²) < 4.78 is 4.10. The maximum atomic E-state index is 12.2. The van der Waals surface area contributed by atoms with Gasteiger partial charge in [-0.05, 0) is 59.1 Å². The van der Waals surface area contributed by atoms with Crippen LogP contribution in [0, 0.1) is 0 Å². The minimum atomic E-state index is -1.14. The summed E-state index contributed by atoms with van der Waals surface area (Å²) >= 11 is 5.33. The molecule has 11 nitrogen and oxygen atoms in total. The molecule has 0 saturated carbocycles. The summed E-state index contributed by atoms with van der Waals surface area (Å²) in [4.78, 5) is 69.3. The lowest BCUT2D eigenvalue weighted by atomic mass is 10.1. The Labute approximate surface area is 184 Å². The highest BCUT2D eigenvalue weighted by Crippen LogP contribution is 2.06. The van der Waals surface area contributed by atoms with E-state index in [0.717, 1.165) is 0 Å². The van der Waals surface area contributed by atoms with Gasteiger partial charge in [0, 0.05) is 6.42 Å². The Morgan fingerprint density at radius 1 is 0.828 bits per heavy atom. The topological polar surface area (TPSA) is 160 Å². The minimum absolute atomic E-state index is 0.0944. The van der Waals surface area contributed by atoms with Crippen LogP contribution in [0.15, 0.2) is 0 Å². The molecule has 0 bridgehead atoms. The fourth-order valence-corrected chi connectivity index (χ4v) is 2.07. The van der Waals surface area contributed by atoms with Crippen LogP contribution in [0.1, 0.15) is 33.6 Å². The third-order valence-corrected chi connectivity index (χ3v) is 3.49. The number of alkyl carbamates (subject to hydrolysis) is 1. The highest BCUT2D eigenvalue weighted by molar-refractivity contribution is 9.18. The van der Waals surface area contributed by atoms with Gasteiger partial charge in [-0.25, -0.2) is 4.79 Å². The van der Waals surface area contributed by atoms with E-state index in [1.807, 2.05) is 0 Å². The molecule has 164 valence electrons. The molecule has 0 aromatic heterocycles. The Balaban J connectivity index is 4.74. The first kappa shape index (κ1) is 27.0. The molecule has 0 radical (unpaired) electrons. The average Bonchev–Trinajstić information content (AvgIpc) is 2.58. The Morgan fingerprint density at radius 3 is 1.90 bits per heavy atom. The van der Waals surface area contributed by atoms with Gasteiger partial charge in [-0.3, -0.25) is 24.0 Å². The summed E-state index contributed by atoms with van der Waals surface area (Å²) in [5.41, 5.74) is -0.741. The van der Waals surface area contributed by atoms with Crippen LogP contribution in [-0.4, -0.2) is 64.5 Å². The number of amides is 4. The van der Waals surface area contributed by atoms with Crippen LogP contribution in [0.5, 0.6) is 0 Å². The van der Waals surface area contributed by atoms with Gasteiger partial charge in [0.2, 0.25) is 27.1 Å². The van der Waals surface area contributed by atoms with E-state index in [2.05, 4.69) is 53.1 Å². The quantitative estimate of drug-likeness (QED) is 0.264. The second kappa shape index (κ2) is 13.2. The molecular weight excluding hydrogens is 520 g/mol. The summed E-state index contributed by atoms with van der Waals surface area (Å²) in [6.07, 6.45) is -1.07. The molecule has 4 amide bonds. The Bertz CT molecular complexity index is 650. The normalized spacial score (nSPS) is 11.6. The van der Waals surface area contributed by atoms with Crippen molar-refractivity contribution in [3.63, 3.8) is 0 Å². The van der Waals surface area contributed by atoms with E-state index in [9.17, 15) is 28.8 Å². The lowest BCUT2D eigenvalue weighted by molar-refractivity contribution is -0.130. The summed E-state index contributed by atoms with van der Waals surface area (Å²) in [6.45, 7) is 3.98. The zero-order valence-corrected chi connectivity index (χ0v) is 19.4. The van der Waals surface area contributed by atoms with E-state index in [-0.39, 0.29) is 25.9 Å². The number of nitrogens with one attached hydrogen (secondary N) is 4. The fourth-order valence-electron chi connectivity index (χ4n) is 1.79. The zero-order valence-electron chi connectivity index (χ0n) is 16.2. The molecule has 29 heavy (non-hydrogen) atoms. The highest BCUT2D eigenvalue weighted by atomic mass is 79.9. The third-order valence-electron chi connectivity index (χ3n) is 2.93. The van der Waals surface area contributed by atoms with Crippen molar-refractivity contribution in [1.29, 1.82) is 0 Å². The smallest absolute Gasteiger partial charge is 0.408 e. The van der Waals surface area contributed by atoms with Crippen LogP contribution in [0.4, 0.5) is 4.79 Å². The molecule has 0 aromatic rings. The largest absolute Gasteiger partial charge is 0.444 e. The summed E-state index contributed by atoms with van der Waals surface area (Å²) in [5, 5.41) is 9.25. The molecule has 0 saturated heterocycles. The fraction of sp³-hybridized carbons (Fsp3) is 0.625. The molecule has 0 rings (SSSR count).